The van der Waals surface area contributed by atoms with Gasteiger partial charge < -0.3 is 5.11 Å². The summed E-state index contributed by atoms with van der Waals surface area (Å²) < 4.78 is 0. The van der Waals surface area contributed by atoms with Crippen LogP contribution in [0.5, 0.6) is 0 Å². The lowest BCUT2D eigenvalue weighted by atomic mass is 10.1. The molecule has 1 aliphatic rings. The highest BCUT2D eigenvalue weighted by Crippen LogP contribution is 2.29. The standard InChI is InChI=1S/C14H22N2O/c1-16-9-4-6-14(16)12-7-8-13(15-11-12)5-2-3-10-17/h7-8,11,14,17H,2-6,9-10H2,1H3. The zero-order valence-corrected chi connectivity index (χ0v) is 10.6. The van der Waals surface area contributed by atoms with E-state index in [1.54, 1.807) is 0 Å². The molecular weight excluding hydrogens is 212 g/mol. The molecule has 3 nitrogen and oxygen atoms in total. The van der Waals surface area contributed by atoms with Crippen molar-refractivity contribution in [3.8, 4) is 0 Å². The Labute approximate surface area is 103 Å². The van der Waals surface area contributed by atoms with Gasteiger partial charge >= 0.3 is 0 Å². The third kappa shape index (κ3) is 3.27. The second kappa shape index (κ2) is 6.12. The van der Waals surface area contributed by atoms with Crippen molar-refractivity contribution in [2.24, 2.45) is 0 Å². The molecule has 0 spiro atoms. The molecule has 1 unspecified atom stereocenters. The molecule has 0 amide bonds. The van der Waals surface area contributed by atoms with E-state index >= 15 is 0 Å². The lowest BCUT2D eigenvalue weighted by Crippen LogP contribution is -2.17. The lowest BCUT2D eigenvalue weighted by Gasteiger charge is -2.19. The van der Waals surface area contributed by atoms with Crippen LogP contribution in [-0.2, 0) is 6.42 Å². The summed E-state index contributed by atoms with van der Waals surface area (Å²) >= 11 is 0. The van der Waals surface area contributed by atoms with Crippen LogP contribution in [0.2, 0.25) is 0 Å². The second-order valence-corrected chi connectivity index (χ2v) is 4.90. The minimum absolute atomic E-state index is 0.283. The van der Waals surface area contributed by atoms with E-state index in [1.807, 2.05) is 6.20 Å². The maximum Gasteiger partial charge on any atom is 0.0431 e. The summed E-state index contributed by atoms with van der Waals surface area (Å²) in [7, 11) is 2.19. The number of hydrogen-bond acceptors (Lipinski definition) is 3. The molecule has 2 rings (SSSR count). The Bertz CT molecular complexity index is 337. The average Bonchev–Trinajstić information content (AvgIpc) is 2.77. The third-order valence-corrected chi connectivity index (χ3v) is 3.59. The molecule has 94 valence electrons. The molecule has 0 aromatic carbocycles. The molecule has 0 bridgehead atoms. The Morgan fingerprint density at radius 1 is 1.41 bits per heavy atom. The smallest absolute Gasteiger partial charge is 0.0431 e. The molecule has 3 heteroatoms. The van der Waals surface area contributed by atoms with Gasteiger partial charge in [-0.05, 0) is 57.3 Å². The normalized spacial score (nSPS) is 20.9. The van der Waals surface area contributed by atoms with E-state index in [9.17, 15) is 0 Å². The van der Waals surface area contributed by atoms with Crippen LogP contribution in [0.15, 0.2) is 18.3 Å². The number of aryl methyl sites for hydroxylation is 1. The van der Waals surface area contributed by atoms with Crippen molar-refractivity contribution in [1.82, 2.24) is 9.88 Å². The first-order valence-electron chi connectivity index (χ1n) is 6.57. The number of likely N-dealkylation sites (tertiary alicyclic amines) is 1. The van der Waals surface area contributed by atoms with Gasteiger partial charge in [-0.2, -0.15) is 0 Å². The average molecular weight is 234 g/mol. The summed E-state index contributed by atoms with van der Waals surface area (Å²) in [5, 5.41) is 8.74. The van der Waals surface area contributed by atoms with Crippen molar-refractivity contribution >= 4 is 0 Å². The molecule has 0 radical (unpaired) electrons. The summed E-state index contributed by atoms with van der Waals surface area (Å²) in [4.78, 5) is 6.93. The van der Waals surface area contributed by atoms with Gasteiger partial charge in [0.1, 0.15) is 0 Å². The summed E-state index contributed by atoms with van der Waals surface area (Å²) in [5.41, 5.74) is 2.48. The van der Waals surface area contributed by atoms with Crippen LogP contribution >= 0.6 is 0 Å². The Hall–Kier alpha value is -0.930. The first-order valence-corrected chi connectivity index (χ1v) is 6.57. The molecule has 1 aromatic heterocycles. The predicted molar refractivity (Wildman–Crippen MR) is 68.9 cm³/mol. The number of unbranched alkanes of at least 4 members (excludes halogenated alkanes) is 1. The molecule has 1 atom stereocenters. The van der Waals surface area contributed by atoms with E-state index in [1.165, 1.54) is 24.9 Å². The molecule has 0 aliphatic carbocycles. The predicted octanol–water partition coefficient (Wildman–Crippen LogP) is 2.16. The minimum atomic E-state index is 0.283. The van der Waals surface area contributed by atoms with Gasteiger partial charge in [0, 0.05) is 24.5 Å². The van der Waals surface area contributed by atoms with Crippen LogP contribution in [0.3, 0.4) is 0 Å². The van der Waals surface area contributed by atoms with Crippen LogP contribution in [0.4, 0.5) is 0 Å². The van der Waals surface area contributed by atoms with E-state index in [0.717, 1.165) is 25.0 Å². The lowest BCUT2D eigenvalue weighted by molar-refractivity contribution is 0.284. The van der Waals surface area contributed by atoms with Crippen molar-refractivity contribution in [2.45, 2.75) is 38.1 Å². The summed E-state index contributed by atoms with van der Waals surface area (Å²) in [5.74, 6) is 0. The van der Waals surface area contributed by atoms with Gasteiger partial charge in [-0.15, -0.1) is 0 Å². The fraction of sp³-hybridized carbons (Fsp3) is 0.643. The maximum atomic E-state index is 8.74. The molecule has 17 heavy (non-hydrogen) atoms. The fourth-order valence-electron chi connectivity index (χ4n) is 2.53. The molecular formula is C14H22N2O. The zero-order valence-electron chi connectivity index (χ0n) is 10.6. The van der Waals surface area contributed by atoms with Crippen LogP contribution in [0, 0.1) is 0 Å². The highest BCUT2D eigenvalue weighted by molar-refractivity contribution is 5.19. The number of aromatic nitrogens is 1. The summed E-state index contributed by atoms with van der Waals surface area (Å²) in [6, 6.07) is 4.92. The van der Waals surface area contributed by atoms with Crippen LogP contribution < -0.4 is 0 Å². The Balaban J connectivity index is 1.93. The Morgan fingerprint density at radius 2 is 2.29 bits per heavy atom. The van der Waals surface area contributed by atoms with E-state index in [2.05, 4.69) is 29.1 Å². The quantitative estimate of drug-likeness (QED) is 0.793. The van der Waals surface area contributed by atoms with Crippen LogP contribution in [0.25, 0.3) is 0 Å². The number of pyridine rings is 1. The van der Waals surface area contributed by atoms with Gasteiger partial charge in [-0.25, -0.2) is 0 Å². The number of aliphatic hydroxyl groups is 1. The molecule has 2 heterocycles. The van der Waals surface area contributed by atoms with E-state index in [-0.39, 0.29) is 6.61 Å². The SMILES string of the molecule is CN1CCCC1c1ccc(CCCCO)nc1. The molecule has 1 fully saturated rings. The van der Waals surface area contributed by atoms with Crippen LogP contribution in [0.1, 0.15) is 43.0 Å². The number of hydrogen-bond donors (Lipinski definition) is 1. The second-order valence-electron chi connectivity index (χ2n) is 4.90. The summed E-state index contributed by atoms with van der Waals surface area (Å²) in [6.45, 7) is 1.48. The molecule has 1 aliphatic heterocycles. The van der Waals surface area contributed by atoms with E-state index in [0.29, 0.717) is 6.04 Å². The van der Waals surface area contributed by atoms with Crippen molar-refractivity contribution in [1.29, 1.82) is 0 Å². The maximum absolute atomic E-state index is 8.74. The third-order valence-electron chi connectivity index (χ3n) is 3.59. The van der Waals surface area contributed by atoms with Gasteiger partial charge in [-0.3, -0.25) is 9.88 Å². The molecule has 1 saturated heterocycles. The first-order chi connectivity index (χ1) is 8.31. The number of nitrogens with zero attached hydrogens (tertiary/aromatic N) is 2. The highest BCUT2D eigenvalue weighted by atomic mass is 16.2. The number of aliphatic hydroxyl groups excluding tert-OH is 1. The number of rotatable bonds is 5. The van der Waals surface area contributed by atoms with Crippen molar-refractivity contribution in [3.63, 3.8) is 0 Å². The van der Waals surface area contributed by atoms with Crippen molar-refractivity contribution in [2.75, 3.05) is 20.2 Å². The minimum Gasteiger partial charge on any atom is -0.396 e. The van der Waals surface area contributed by atoms with Crippen molar-refractivity contribution < 1.29 is 5.11 Å². The van der Waals surface area contributed by atoms with Gasteiger partial charge in [-0.1, -0.05) is 6.07 Å². The topological polar surface area (TPSA) is 36.4 Å². The summed E-state index contributed by atoms with van der Waals surface area (Å²) in [6.07, 6.45) is 7.44. The van der Waals surface area contributed by atoms with E-state index < -0.39 is 0 Å². The molecule has 1 N–H and O–H groups in total. The molecule has 0 saturated carbocycles. The molecule has 1 aromatic rings. The Kier molecular flexibility index (Phi) is 4.51. The van der Waals surface area contributed by atoms with Crippen molar-refractivity contribution in [3.05, 3.63) is 29.6 Å². The highest BCUT2D eigenvalue weighted by Gasteiger charge is 2.22. The van der Waals surface area contributed by atoms with Gasteiger partial charge in [0.15, 0.2) is 0 Å². The zero-order chi connectivity index (χ0) is 12.1. The van der Waals surface area contributed by atoms with Gasteiger partial charge in [0.2, 0.25) is 0 Å². The van der Waals surface area contributed by atoms with Gasteiger partial charge in [0.25, 0.3) is 0 Å². The first kappa shape index (κ1) is 12.5. The fourth-order valence-corrected chi connectivity index (χ4v) is 2.53. The van der Waals surface area contributed by atoms with Crippen LogP contribution in [-0.4, -0.2) is 35.2 Å². The van der Waals surface area contributed by atoms with Gasteiger partial charge in [0.05, 0.1) is 0 Å². The monoisotopic (exact) mass is 234 g/mol. The van der Waals surface area contributed by atoms with E-state index in [4.69, 9.17) is 5.11 Å². The largest absolute Gasteiger partial charge is 0.396 e. The Morgan fingerprint density at radius 3 is 2.88 bits per heavy atom.